The first kappa shape index (κ1) is 10.4. The normalized spacial score (nSPS) is 19.6. The van der Waals surface area contributed by atoms with E-state index in [0.29, 0.717) is 0 Å². The Morgan fingerprint density at radius 1 is 1.27 bits per heavy atom. The highest BCUT2D eigenvalue weighted by atomic mass is 15.3. The van der Waals surface area contributed by atoms with E-state index < -0.39 is 0 Å². The van der Waals surface area contributed by atoms with Gasteiger partial charge in [-0.3, -0.25) is 4.90 Å². The molecule has 0 unspecified atom stereocenters. The molecule has 84 valence electrons. The van der Waals surface area contributed by atoms with Gasteiger partial charge in [-0.2, -0.15) is 0 Å². The van der Waals surface area contributed by atoms with Crippen molar-refractivity contribution < 1.29 is 0 Å². The van der Waals surface area contributed by atoms with Crippen LogP contribution in [-0.4, -0.2) is 52.6 Å². The number of anilines is 1. The largest absolute Gasteiger partial charge is 0.384 e. The number of nitrogens with two attached hydrogens (primary N) is 1. The molecule has 1 fully saturated rings. The number of nitrogens with zero attached hydrogens (tertiary/aromatic N) is 4. The van der Waals surface area contributed by atoms with Crippen molar-refractivity contribution in [1.82, 2.24) is 19.4 Å². The Morgan fingerprint density at radius 3 is 2.47 bits per heavy atom. The van der Waals surface area contributed by atoms with Crippen LogP contribution >= 0.6 is 0 Å². The maximum Gasteiger partial charge on any atom is 0.124 e. The lowest BCUT2D eigenvalue weighted by molar-refractivity contribution is 0.144. The quantitative estimate of drug-likeness (QED) is 0.730. The number of piperazine rings is 1. The number of nitrogen functional groups attached to an aromatic ring is 1. The zero-order chi connectivity index (χ0) is 10.8. The van der Waals surface area contributed by atoms with Crippen molar-refractivity contribution in [3.05, 3.63) is 12.0 Å². The molecule has 1 aliphatic heterocycles. The average Bonchev–Trinajstić information content (AvgIpc) is 2.53. The first-order chi connectivity index (χ1) is 7.16. The summed E-state index contributed by atoms with van der Waals surface area (Å²) in [5.74, 6) is 1.79. The Morgan fingerprint density at radius 2 is 1.93 bits per heavy atom. The second-order valence-corrected chi connectivity index (χ2v) is 4.24. The topological polar surface area (TPSA) is 50.3 Å². The molecule has 1 aromatic rings. The van der Waals surface area contributed by atoms with Crippen LogP contribution in [-0.2, 0) is 13.6 Å². The third kappa shape index (κ3) is 2.30. The monoisotopic (exact) mass is 209 g/mol. The molecule has 0 aliphatic carbocycles. The minimum Gasteiger partial charge on any atom is -0.384 e. The standard InChI is InChI=1S/C10H19N5/c1-13-3-5-15(6-4-13)8-10-12-7-9(11)14(10)2/h7H,3-6,8,11H2,1-2H3. The maximum absolute atomic E-state index is 5.74. The van der Waals surface area contributed by atoms with Gasteiger partial charge < -0.3 is 15.2 Å². The molecule has 0 radical (unpaired) electrons. The predicted octanol–water partition coefficient (Wildman–Crippen LogP) is -0.250. The molecule has 0 spiro atoms. The molecular formula is C10H19N5. The van der Waals surface area contributed by atoms with Crippen LogP contribution in [0.4, 0.5) is 5.82 Å². The van der Waals surface area contributed by atoms with E-state index in [1.807, 2.05) is 11.6 Å². The van der Waals surface area contributed by atoms with Crippen molar-refractivity contribution >= 4 is 5.82 Å². The Hall–Kier alpha value is -1.07. The first-order valence-electron chi connectivity index (χ1n) is 5.34. The van der Waals surface area contributed by atoms with Gasteiger partial charge >= 0.3 is 0 Å². The van der Waals surface area contributed by atoms with E-state index >= 15 is 0 Å². The molecule has 1 aliphatic rings. The molecule has 0 aromatic carbocycles. The highest BCUT2D eigenvalue weighted by molar-refractivity contribution is 5.27. The minimum atomic E-state index is 0.735. The van der Waals surface area contributed by atoms with Crippen molar-refractivity contribution in [2.45, 2.75) is 6.54 Å². The van der Waals surface area contributed by atoms with E-state index in [2.05, 4.69) is 21.8 Å². The van der Waals surface area contributed by atoms with Crippen LogP contribution in [0.2, 0.25) is 0 Å². The number of hydrogen-bond donors (Lipinski definition) is 1. The van der Waals surface area contributed by atoms with E-state index in [1.54, 1.807) is 6.20 Å². The molecule has 1 saturated heterocycles. The summed E-state index contributed by atoms with van der Waals surface area (Å²) in [6.45, 7) is 5.41. The van der Waals surface area contributed by atoms with E-state index in [0.717, 1.165) is 44.4 Å². The molecule has 2 rings (SSSR count). The lowest BCUT2D eigenvalue weighted by atomic mass is 10.3. The lowest BCUT2D eigenvalue weighted by Crippen LogP contribution is -2.44. The second kappa shape index (κ2) is 4.20. The summed E-state index contributed by atoms with van der Waals surface area (Å²) in [6.07, 6.45) is 1.73. The molecule has 2 N–H and O–H groups in total. The summed E-state index contributed by atoms with van der Waals surface area (Å²) >= 11 is 0. The van der Waals surface area contributed by atoms with Crippen LogP contribution in [0.3, 0.4) is 0 Å². The number of hydrogen-bond acceptors (Lipinski definition) is 4. The molecule has 1 aromatic heterocycles. The molecule has 0 saturated carbocycles. The molecular weight excluding hydrogens is 190 g/mol. The van der Waals surface area contributed by atoms with Gasteiger partial charge in [0.2, 0.25) is 0 Å². The fraction of sp³-hybridized carbons (Fsp3) is 0.700. The van der Waals surface area contributed by atoms with E-state index in [9.17, 15) is 0 Å². The molecule has 0 amide bonds. The van der Waals surface area contributed by atoms with Gasteiger partial charge in [-0.05, 0) is 7.05 Å². The van der Waals surface area contributed by atoms with Gasteiger partial charge in [-0.25, -0.2) is 4.98 Å². The maximum atomic E-state index is 5.74. The molecule has 0 atom stereocenters. The summed E-state index contributed by atoms with van der Waals surface area (Å²) in [6, 6.07) is 0. The zero-order valence-corrected chi connectivity index (χ0v) is 9.48. The highest BCUT2D eigenvalue weighted by Crippen LogP contribution is 2.09. The molecule has 5 nitrogen and oxygen atoms in total. The van der Waals surface area contributed by atoms with Crippen LogP contribution in [0, 0.1) is 0 Å². The van der Waals surface area contributed by atoms with E-state index in [1.165, 1.54) is 0 Å². The minimum absolute atomic E-state index is 0.735. The van der Waals surface area contributed by atoms with Gasteiger partial charge in [0.1, 0.15) is 11.6 Å². The predicted molar refractivity (Wildman–Crippen MR) is 60.4 cm³/mol. The fourth-order valence-corrected chi connectivity index (χ4v) is 1.82. The molecule has 15 heavy (non-hydrogen) atoms. The van der Waals surface area contributed by atoms with Gasteiger partial charge in [-0.1, -0.05) is 0 Å². The van der Waals surface area contributed by atoms with Crippen molar-refractivity contribution in [3.63, 3.8) is 0 Å². The number of imidazole rings is 1. The van der Waals surface area contributed by atoms with E-state index in [-0.39, 0.29) is 0 Å². The summed E-state index contributed by atoms with van der Waals surface area (Å²) in [4.78, 5) is 9.08. The smallest absolute Gasteiger partial charge is 0.124 e. The van der Waals surface area contributed by atoms with Crippen LogP contribution < -0.4 is 5.73 Å². The van der Waals surface area contributed by atoms with Crippen molar-refractivity contribution in [2.75, 3.05) is 39.0 Å². The molecule has 0 bridgehead atoms. The van der Waals surface area contributed by atoms with Gasteiger partial charge in [0.15, 0.2) is 0 Å². The first-order valence-corrected chi connectivity index (χ1v) is 5.34. The summed E-state index contributed by atoms with van der Waals surface area (Å²) in [5, 5.41) is 0. The highest BCUT2D eigenvalue weighted by Gasteiger charge is 2.15. The molecule has 5 heteroatoms. The Kier molecular flexibility index (Phi) is 2.93. The Balaban J connectivity index is 1.94. The number of rotatable bonds is 2. The Labute approximate surface area is 90.5 Å². The van der Waals surface area contributed by atoms with Crippen LogP contribution in [0.25, 0.3) is 0 Å². The number of aromatic nitrogens is 2. The van der Waals surface area contributed by atoms with E-state index in [4.69, 9.17) is 5.73 Å². The van der Waals surface area contributed by atoms with Gasteiger partial charge in [0.25, 0.3) is 0 Å². The molecule has 2 heterocycles. The van der Waals surface area contributed by atoms with Crippen molar-refractivity contribution in [3.8, 4) is 0 Å². The van der Waals surface area contributed by atoms with Gasteiger partial charge in [0.05, 0.1) is 12.7 Å². The Bertz CT molecular complexity index is 325. The van der Waals surface area contributed by atoms with Gasteiger partial charge in [0, 0.05) is 33.2 Å². The zero-order valence-electron chi connectivity index (χ0n) is 9.48. The van der Waals surface area contributed by atoms with Crippen molar-refractivity contribution in [1.29, 1.82) is 0 Å². The third-order valence-electron chi connectivity index (χ3n) is 3.08. The van der Waals surface area contributed by atoms with Crippen LogP contribution in [0.5, 0.6) is 0 Å². The van der Waals surface area contributed by atoms with Crippen LogP contribution in [0.15, 0.2) is 6.20 Å². The van der Waals surface area contributed by atoms with Crippen molar-refractivity contribution in [2.24, 2.45) is 7.05 Å². The summed E-state index contributed by atoms with van der Waals surface area (Å²) in [5.41, 5.74) is 5.74. The lowest BCUT2D eigenvalue weighted by Gasteiger charge is -2.31. The number of likely N-dealkylation sites (N-methyl/N-ethyl adjacent to an activating group) is 1. The second-order valence-electron chi connectivity index (χ2n) is 4.24. The van der Waals surface area contributed by atoms with Gasteiger partial charge in [-0.15, -0.1) is 0 Å². The fourth-order valence-electron chi connectivity index (χ4n) is 1.82. The SMILES string of the molecule is CN1CCN(Cc2ncc(N)n2C)CC1. The third-order valence-corrected chi connectivity index (χ3v) is 3.08. The average molecular weight is 209 g/mol. The summed E-state index contributed by atoms with van der Waals surface area (Å²) < 4.78 is 1.96. The summed E-state index contributed by atoms with van der Waals surface area (Å²) in [7, 11) is 4.13. The van der Waals surface area contributed by atoms with Crippen LogP contribution in [0.1, 0.15) is 5.82 Å².